The Balaban J connectivity index is 1.43. The number of benzene rings is 2. The Morgan fingerprint density at radius 1 is 0.971 bits per heavy atom. The Kier molecular flexibility index (Phi) is 7.22. The van der Waals surface area contributed by atoms with Gasteiger partial charge in [0.05, 0.1) is 12.1 Å². The van der Waals surface area contributed by atoms with E-state index in [2.05, 4.69) is 37.3 Å². The third-order valence-corrected chi connectivity index (χ3v) is 5.98. The number of rotatable bonds is 5. The number of carbonyl (C=O) groups is 3. The number of carbonyl (C=O) groups excluding carboxylic acids is 3. The molecule has 1 aromatic heterocycles. The fraction of sp³-hybridized carbons (Fsp3) is 0.200. The van der Waals surface area contributed by atoms with Crippen molar-refractivity contribution in [2.45, 2.75) is 32.6 Å². The summed E-state index contributed by atoms with van der Waals surface area (Å²) in [4.78, 5) is 37.3. The minimum atomic E-state index is -0.565. The lowest BCUT2D eigenvalue weighted by atomic mass is 9.93. The van der Waals surface area contributed by atoms with Crippen molar-refractivity contribution < 1.29 is 18.8 Å². The second-order valence-corrected chi connectivity index (χ2v) is 8.79. The zero-order chi connectivity index (χ0) is 24.1. The van der Waals surface area contributed by atoms with Crippen molar-refractivity contribution in [3.8, 4) is 0 Å². The highest BCUT2D eigenvalue weighted by Gasteiger charge is 2.28. The fourth-order valence-corrected chi connectivity index (χ4v) is 4.06. The molecule has 3 amide bonds. The topological polar surface area (TPSA) is 113 Å². The average molecular weight is 523 g/mol. The summed E-state index contributed by atoms with van der Waals surface area (Å²) in [7, 11) is 0. The van der Waals surface area contributed by atoms with Crippen molar-refractivity contribution in [1.29, 1.82) is 0 Å². The maximum atomic E-state index is 12.7. The van der Waals surface area contributed by atoms with Crippen molar-refractivity contribution in [2.75, 3.05) is 0 Å². The van der Waals surface area contributed by atoms with Gasteiger partial charge >= 0.3 is 5.91 Å². The molecule has 1 heterocycles. The molecule has 3 N–H and O–H groups in total. The van der Waals surface area contributed by atoms with E-state index in [0.717, 1.165) is 22.0 Å². The second-order valence-electron chi connectivity index (χ2n) is 7.88. The van der Waals surface area contributed by atoms with Gasteiger partial charge in [-0.05, 0) is 49.6 Å². The van der Waals surface area contributed by atoms with E-state index in [0.29, 0.717) is 35.4 Å². The molecule has 2 aromatic carbocycles. The molecule has 1 aliphatic carbocycles. The lowest BCUT2D eigenvalue weighted by Gasteiger charge is -2.13. The molecule has 0 fully saturated rings. The minimum absolute atomic E-state index is 0.103. The Morgan fingerprint density at radius 2 is 1.68 bits per heavy atom. The van der Waals surface area contributed by atoms with E-state index in [9.17, 15) is 14.4 Å². The van der Waals surface area contributed by atoms with Crippen molar-refractivity contribution >= 4 is 39.4 Å². The van der Waals surface area contributed by atoms with E-state index < -0.39 is 11.8 Å². The summed E-state index contributed by atoms with van der Waals surface area (Å²) in [6.07, 6.45) is 2.32. The molecule has 0 bridgehead atoms. The summed E-state index contributed by atoms with van der Waals surface area (Å²) < 4.78 is 6.67. The van der Waals surface area contributed by atoms with Crippen LogP contribution in [0.4, 0.5) is 0 Å². The summed E-state index contributed by atoms with van der Waals surface area (Å²) in [6.45, 7) is 1.76. The molecule has 0 spiro atoms. The summed E-state index contributed by atoms with van der Waals surface area (Å²) in [5.74, 6) is -0.487. The van der Waals surface area contributed by atoms with Crippen LogP contribution in [-0.4, -0.2) is 23.4 Å². The van der Waals surface area contributed by atoms with Gasteiger partial charge in [-0.15, -0.1) is 0 Å². The lowest BCUT2D eigenvalue weighted by Crippen LogP contribution is -2.41. The van der Waals surface area contributed by atoms with Gasteiger partial charge in [0, 0.05) is 27.6 Å². The number of fused-ring (bicyclic) bond motifs is 1. The number of halogens is 1. The molecule has 174 valence electrons. The average Bonchev–Trinajstić information content (AvgIpc) is 3.19. The van der Waals surface area contributed by atoms with Crippen molar-refractivity contribution in [3.63, 3.8) is 0 Å². The summed E-state index contributed by atoms with van der Waals surface area (Å²) in [6, 6.07) is 16.2. The van der Waals surface area contributed by atoms with Crippen molar-refractivity contribution in [2.24, 2.45) is 5.10 Å². The predicted molar refractivity (Wildman–Crippen MR) is 130 cm³/mol. The van der Waals surface area contributed by atoms with Crippen LogP contribution >= 0.6 is 15.9 Å². The first kappa shape index (κ1) is 23.4. The largest absolute Gasteiger partial charge is 0.455 e. The molecule has 1 aliphatic rings. The maximum Gasteiger partial charge on any atom is 0.305 e. The summed E-state index contributed by atoms with van der Waals surface area (Å²) in [5.41, 5.74) is 10.7. The van der Waals surface area contributed by atoms with Gasteiger partial charge in [0.25, 0.3) is 5.91 Å². The molecule has 0 aliphatic heterocycles. The van der Waals surface area contributed by atoms with Gasteiger partial charge in [-0.2, -0.15) is 5.10 Å². The molecule has 0 radical (unpaired) electrons. The number of hydrogen-bond donors (Lipinski definition) is 3. The standard InChI is InChI=1S/C25H23BrN4O4/c1-15-22-19(27-28-21(31)14-16-6-3-2-4-7-16)8-5-9-20(22)34-23(15)25(33)30-29-24(32)17-10-12-18(26)13-11-17/h2-4,6-7,10-13H,5,8-9,14H2,1H3,(H,28,31)(H,29,32)(H,30,33)/b27-19+. The van der Waals surface area contributed by atoms with Crippen molar-refractivity contribution in [3.05, 3.63) is 92.8 Å². The highest BCUT2D eigenvalue weighted by Crippen LogP contribution is 2.29. The third-order valence-electron chi connectivity index (χ3n) is 5.45. The van der Waals surface area contributed by atoms with Crippen LogP contribution in [0.25, 0.3) is 0 Å². The first-order valence-corrected chi connectivity index (χ1v) is 11.6. The summed E-state index contributed by atoms with van der Waals surface area (Å²) >= 11 is 3.31. The number of furan rings is 1. The Bertz CT molecular complexity index is 1250. The first-order chi connectivity index (χ1) is 16.4. The van der Waals surface area contributed by atoms with Crippen LogP contribution in [0.15, 0.2) is 68.6 Å². The van der Waals surface area contributed by atoms with E-state index in [1.165, 1.54) is 0 Å². The van der Waals surface area contributed by atoms with Gasteiger partial charge in [-0.25, -0.2) is 5.43 Å². The quantitative estimate of drug-likeness (QED) is 0.442. The first-order valence-electron chi connectivity index (χ1n) is 10.8. The van der Waals surface area contributed by atoms with Gasteiger partial charge in [0.2, 0.25) is 5.91 Å². The molecule has 9 heteroatoms. The van der Waals surface area contributed by atoms with E-state index in [1.54, 1.807) is 31.2 Å². The minimum Gasteiger partial charge on any atom is -0.455 e. The number of hydrazine groups is 1. The van der Waals surface area contributed by atoms with Gasteiger partial charge in [0.15, 0.2) is 5.76 Å². The normalized spacial score (nSPS) is 13.8. The van der Waals surface area contributed by atoms with E-state index in [-0.39, 0.29) is 18.1 Å². The lowest BCUT2D eigenvalue weighted by molar-refractivity contribution is -0.120. The molecule has 0 saturated heterocycles. The second kappa shape index (κ2) is 10.5. The Morgan fingerprint density at radius 3 is 2.41 bits per heavy atom. The highest BCUT2D eigenvalue weighted by atomic mass is 79.9. The Labute approximate surface area is 204 Å². The number of amides is 3. The van der Waals surface area contributed by atoms with E-state index in [1.807, 2.05) is 30.3 Å². The molecule has 3 aromatic rings. The van der Waals surface area contributed by atoms with Gasteiger partial charge in [0.1, 0.15) is 5.76 Å². The molecular formula is C25H23BrN4O4. The van der Waals surface area contributed by atoms with Crippen LogP contribution in [0.2, 0.25) is 0 Å². The van der Waals surface area contributed by atoms with Gasteiger partial charge in [-0.1, -0.05) is 46.3 Å². The molecule has 0 unspecified atom stereocenters. The highest BCUT2D eigenvalue weighted by molar-refractivity contribution is 9.10. The molecule has 34 heavy (non-hydrogen) atoms. The predicted octanol–water partition coefficient (Wildman–Crippen LogP) is 3.82. The molecule has 0 atom stereocenters. The molecule has 0 saturated carbocycles. The number of nitrogens with one attached hydrogen (secondary N) is 3. The number of aryl methyl sites for hydroxylation is 1. The number of nitrogens with zero attached hydrogens (tertiary/aromatic N) is 1. The fourth-order valence-electron chi connectivity index (χ4n) is 3.79. The van der Waals surface area contributed by atoms with Gasteiger partial charge < -0.3 is 4.42 Å². The zero-order valence-corrected chi connectivity index (χ0v) is 20.1. The van der Waals surface area contributed by atoms with Crippen LogP contribution in [0.3, 0.4) is 0 Å². The van der Waals surface area contributed by atoms with Crippen LogP contribution in [0, 0.1) is 6.92 Å². The van der Waals surface area contributed by atoms with Crippen LogP contribution < -0.4 is 16.3 Å². The van der Waals surface area contributed by atoms with Crippen LogP contribution in [-0.2, 0) is 17.6 Å². The van der Waals surface area contributed by atoms with Crippen LogP contribution in [0.1, 0.15) is 56.2 Å². The molecular weight excluding hydrogens is 500 g/mol. The van der Waals surface area contributed by atoms with Crippen LogP contribution in [0.5, 0.6) is 0 Å². The number of hydrazone groups is 1. The Hall–Kier alpha value is -3.72. The zero-order valence-electron chi connectivity index (χ0n) is 18.5. The molecule has 4 rings (SSSR count). The van der Waals surface area contributed by atoms with E-state index >= 15 is 0 Å². The maximum absolute atomic E-state index is 12.7. The van der Waals surface area contributed by atoms with Gasteiger partial charge in [-0.3, -0.25) is 25.2 Å². The van der Waals surface area contributed by atoms with E-state index in [4.69, 9.17) is 4.42 Å². The molecule has 8 nitrogen and oxygen atoms in total. The number of hydrogen-bond acceptors (Lipinski definition) is 5. The smallest absolute Gasteiger partial charge is 0.305 e. The monoisotopic (exact) mass is 522 g/mol. The summed E-state index contributed by atoms with van der Waals surface area (Å²) in [5, 5.41) is 4.33. The van der Waals surface area contributed by atoms with Crippen molar-refractivity contribution in [1.82, 2.24) is 16.3 Å². The third kappa shape index (κ3) is 5.43. The SMILES string of the molecule is Cc1c(C(=O)NNC(=O)c2ccc(Br)cc2)oc2c1/C(=N/NC(=O)Cc1ccccc1)CCC2.